The summed E-state index contributed by atoms with van der Waals surface area (Å²) in [7, 11) is 0. The molecule has 0 spiro atoms. The first-order valence-electron chi connectivity index (χ1n) is 7.31. The van der Waals surface area contributed by atoms with Crippen LogP contribution in [0.15, 0.2) is 54.6 Å². The second-order valence-electron chi connectivity index (χ2n) is 5.28. The molecule has 0 unspecified atom stereocenters. The Hall–Kier alpha value is -3.41. The number of phenolic OH excluding ortho intramolecular Hbond substituents is 1. The normalized spacial score (nSPS) is 10.4. The zero-order valence-electron chi connectivity index (χ0n) is 12.9. The first-order valence-corrected chi connectivity index (χ1v) is 7.31. The number of nitrogens with zero attached hydrogens (tertiary/aromatic N) is 1. The molecule has 1 heterocycles. The molecule has 0 saturated carbocycles. The number of nitrogens with one attached hydrogen (secondary N) is 2. The van der Waals surface area contributed by atoms with Gasteiger partial charge in [-0.05, 0) is 43.3 Å². The number of aryl methyl sites for hydroxylation is 1. The van der Waals surface area contributed by atoms with Gasteiger partial charge in [-0.15, -0.1) is 0 Å². The van der Waals surface area contributed by atoms with Crippen LogP contribution in [-0.2, 0) is 0 Å². The van der Waals surface area contributed by atoms with E-state index in [2.05, 4.69) is 15.8 Å². The lowest BCUT2D eigenvalue weighted by Gasteiger charge is -2.10. The Morgan fingerprint density at radius 3 is 2.38 bits per heavy atom. The Morgan fingerprint density at radius 1 is 0.958 bits per heavy atom. The highest BCUT2D eigenvalue weighted by Gasteiger charge is 2.13. The van der Waals surface area contributed by atoms with Crippen LogP contribution < -0.4 is 10.9 Å². The first-order chi connectivity index (χ1) is 11.5. The van der Waals surface area contributed by atoms with Crippen molar-refractivity contribution in [1.82, 2.24) is 15.8 Å². The third-order valence-corrected chi connectivity index (χ3v) is 3.51. The standard InChI is InChI=1S/C18H15N3O3/c1-11-10-15(14-4-2-3-5-16(14)19-11)18(24)21-20-17(23)12-6-8-13(22)9-7-12/h2-10,22H,1H3,(H,20,23)(H,21,24). The summed E-state index contributed by atoms with van der Waals surface area (Å²) >= 11 is 0. The molecule has 3 aromatic rings. The summed E-state index contributed by atoms with van der Waals surface area (Å²) in [5.74, 6) is -0.837. The highest BCUT2D eigenvalue weighted by atomic mass is 16.3. The Bertz CT molecular complexity index is 920. The summed E-state index contributed by atoms with van der Waals surface area (Å²) in [4.78, 5) is 28.8. The summed E-state index contributed by atoms with van der Waals surface area (Å²) in [6, 6.07) is 14.7. The van der Waals surface area contributed by atoms with Crippen LogP contribution in [-0.4, -0.2) is 21.9 Å². The number of pyridine rings is 1. The quantitative estimate of drug-likeness (QED) is 0.632. The van der Waals surface area contributed by atoms with Crippen molar-refractivity contribution in [3.05, 3.63) is 71.4 Å². The fourth-order valence-corrected chi connectivity index (χ4v) is 2.36. The topological polar surface area (TPSA) is 91.3 Å². The Morgan fingerprint density at radius 2 is 1.62 bits per heavy atom. The van der Waals surface area contributed by atoms with Gasteiger partial charge in [0.05, 0.1) is 11.1 Å². The van der Waals surface area contributed by atoms with Crippen LogP contribution in [0, 0.1) is 6.92 Å². The molecule has 0 saturated heterocycles. The van der Waals surface area contributed by atoms with Gasteiger partial charge in [0.25, 0.3) is 11.8 Å². The van der Waals surface area contributed by atoms with E-state index in [1.165, 1.54) is 24.3 Å². The Labute approximate surface area is 138 Å². The van der Waals surface area contributed by atoms with Crippen molar-refractivity contribution in [2.45, 2.75) is 6.92 Å². The summed E-state index contributed by atoms with van der Waals surface area (Å²) in [5, 5.41) is 9.93. The van der Waals surface area contributed by atoms with Crippen molar-refractivity contribution < 1.29 is 14.7 Å². The number of benzene rings is 2. The number of rotatable bonds is 2. The molecule has 2 aromatic carbocycles. The van der Waals surface area contributed by atoms with Gasteiger partial charge in [-0.25, -0.2) is 0 Å². The van der Waals surface area contributed by atoms with Gasteiger partial charge in [0, 0.05) is 16.6 Å². The highest BCUT2D eigenvalue weighted by molar-refractivity contribution is 6.07. The molecule has 0 bridgehead atoms. The lowest BCUT2D eigenvalue weighted by atomic mass is 10.1. The third kappa shape index (κ3) is 3.17. The molecule has 1 aromatic heterocycles. The molecule has 3 N–H and O–H groups in total. The molecule has 6 heteroatoms. The smallest absolute Gasteiger partial charge is 0.270 e. The van der Waals surface area contributed by atoms with Crippen molar-refractivity contribution in [3.63, 3.8) is 0 Å². The van der Waals surface area contributed by atoms with Gasteiger partial charge in [-0.1, -0.05) is 18.2 Å². The molecule has 120 valence electrons. The number of aromatic hydroxyl groups is 1. The zero-order chi connectivity index (χ0) is 17.1. The van der Waals surface area contributed by atoms with E-state index < -0.39 is 11.8 Å². The van der Waals surface area contributed by atoms with Crippen LogP contribution in [0.1, 0.15) is 26.4 Å². The van der Waals surface area contributed by atoms with Crippen molar-refractivity contribution in [1.29, 1.82) is 0 Å². The largest absolute Gasteiger partial charge is 0.508 e. The molecule has 3 rings (SSSR count). The molecule has 0 fully saturated rings. The molecule has 0 aliphatic rings. The lowest BCUT2D eigenvalue weighted by Crippen LogP contribution is -2.41. The van der Waals surface area contributed by atoms with E-state index in [1.54, 1.807) is 19.1 Å². The van der Waals surface area contributed by atoms with Gasteiger partial charge in [-0.2, -0.15) is 0 Å². The molecule has 0 aliphatic heterocycles. The fourth-order valence-electron chi connectivity index (χ4n) is 2.36. The summed E-state index contributed by atoms with van der Waals surface area (Å²) in [6.45, 7) is 1.80. The second kappa shape index (κ2) is 6.37. The number of aromatic nitrogens is 1. The number of amides is 2. The monoisotopic (exact) mass is 321 g/mol. The molecule has 6 nitrogen and oxygen atoms in total. The highest BCUT2D eigenvalue weighted by Crippen LogP contribution is 2.18. The van der Waals surface area contributed by atoms with E-state index in [0.29, 0.717) is 27.7 Å². The van der Waals surface area contributed by atoms with E-state index in [9.17, 15) is 14.7 Å². The van der Waals surface area contributed by atoms with Crippen LogP contribution in [0.4, 0.5) is 0 Å². The van der Waals surface area contributed by atoms with Crippen molar-refractivity contribution in [2.24, 2.45) is 0 Å². The van der Waals surface area contributed by atoms with Gasteiger partial charge < -0.3 is 5.11 Å². The number of carbonyl (C=O) groups is 2. The van der Waals surface area contributed by atoms with Gasteiger partial charge in [0.15, 0.2) is 0 Å². The molecular formula is C18H15N3O3. The van der Waals surface area contributed by atoms with E-state index in [4.69, 9.17) is 0 Å². The van der Waals surface area contributed by atoms with Crippen LogP contribution in [0.3, 0.4) is 0 Å². The second-order valence-corrected chi connectivity index (χ2v) is 5.28. The average molecular weight is 321 g/mol. The molecule has 0 atom stereocenters. The molecule has 24 heavy (non-hydrogen) atoms. The Kier molecular flexibility index (Phi) is 4.11. The van der Waals surface area contributed by atoms with E-state index in [1.807, 2.05) is 18.2 Å². The zero-order valence-corrected chi connectivity index (χ0v) is 12.9. The minimum Gasteiger partial charge on any atom is -0.508 e. The number of fused-ring (bicyclic) bond motifs is 1. The number of carbonyl (C=O) groups excluding carboxylic acids is 2. The average Bonchev–Trinajstić information content (AvgIpc) is 2.59. The summed E-state index contributed by atoms with van der Waals surface area (Å²) in [6.07, 6.45) is 0. The van der Waals surface area contributed by atoms with Gasteiger partial charge in [0.2, 0.25) is 0 Å². The number of hydrogen-bond donors (Lipinski definition) is 3. The summed E-state index contributed by atoms with van der Waals surface area (Å²) in [5.41, 5.74) is 6.95. The maximum absolute atomic E-state index is 12.4. The maximum atomic E-state index is 12.4. The fraction of sp³-hybridized carbons (Fsp3) is 0.0556. The van der Waals surface area contributed by atoms with Gasteiger partial charge in [-0.3, -0.25) is 25.4 Å². The lowest BCUT2D eigenvalue weighted by molar-refractivity contribution is 0.0847. The third-order valence-electron chi connectivity index (χ3n) is 3.51. The number of hydrazine groups is 1. The van der Waals surface area contributed by atoms with Gasteiger partial charge in [0.1, 0.15) is 5.75 Å². The predicted molar refractivity (Wildman–Crippen MR) is 89.5 cm³/mol. The van der Waals surface area contributed by atoms with Crippen molar-refractivity contribution in [2.75, 3.05) is 0 Å². The van der Waals surface area contributed by atoms with Crippen molar-refractivity contribution >= 4 is 22.7 Å². The predicted octanol–water partition coefficient (Wildman–Crippen LogP) is 2.32. The molecule has 0 radical (unpaired) electrons. The van der Waals surface area contributed by atoms with Crippen molar-refractivity contribution in [3.8, 4) is 5.75 Å². The van der Waals surface area contributed by atoms with Crippen LogP contribution in [0.25, 0.3) is 10.9 Å². The van der Waals surface area contributed by atoms with Gasteiger partial charge >= 0.3 is 0 Å². The Balaban J connectivity index is 1.78. The molecular weight excluding hydrogens is 306 g/mol. The number of hydrogen-bond acceptors (Lipinski definition) is 4. The molecule has 2 amide bonds. The van der Waals surface area contributed by atoms with Crippen LogP contribution >= 0.6 is 0 Å². The minimum absolute atomic E-state index is 0.0642. The van der Waals surface area contributed by atoms with Crippen LogP contribution in [0.2, 0.25) is 0 Å². The van der Waals surface area contributed by atoms with E-state index in [0.717, 1.165) is 0 Å². The number of phenols is 1. The maximum Gasteiger partial charge on any atom is 0.270 e. The molecule has 0 aliphatic carbocycles. The first kappa shape index (κ1) is 15.5. The van der Waals surface area contributed by atoms with Crippen LogP contribution in [0.5, 0.6) is 5.75 Å². The van der Waals surface area contributed by atoms with E-state index in [-0.39, 0.29) is 5.75 Å². The van der Waals surface area contributed by atoms with E-state index >= 15 is 0 Å². The summed E-state index contributed by atoms with van der Waals surface area (Å²) < 4.78 is 0. The number of para-hydroxylation sites is 1. The SMILES string of the molecule is Cc1cc(C(=O)NNC(=O)c2ccc(O)cc2)c2ccccc2n1. The minimum atomic E-state index is -0.474.